The molecular weight excluding hydrogens is 310 g/mol. The zero-order chi connectivity index (χ0) is 15.8. The molecule has 2 aromatic rings. The average molecular weight is 333 g/mol. The van der Waals surface area contributed by atoms with Gasteiger partial charge in [-0.05, 0) is 39.5 Å². The van der Waals surface area contributed by atoms with Crippen LogP contribution in [0.4, 0.5) is 0 Å². The second-order valence-corrected chi connectivity index (χ2v) is 7.46. The van der Waals surface area contributed by atoms with Crippen molar-refractivity contribution in [3.63, 3.8) is 0 Å². The summed E-state index contributed by atoms with van der Waals surface area (Å²) < 4.78 is 8.09. The summed E-state index contributed by atoms with van der Waals surface area (Å²) in [5, 5.41) is 8.45. The van der Waals surface area contributed by atoms with Gasteiger partial charge in [-0.3, -0.25) is 5.10 Å². The minimum Gasteiger partial charge on any atom is -0.376 e. The number of imidazole rings is 1. The van der Waals surface area contributed by atoms with E-state index in [1.165, 1.54) is 25.0 Å². The van der Waals surface area contributed by atoms with E-state index in [1.54, 1.807) is 11.8 Å². The summed E-state index contributed by atoms with van der Waals surface area (Å²) >= 11 is 1.73. The van der Waals surface area contributed by atoms with Crippen LogP contribution < -0.4 is 0 Å². The first-order chi connectivity index (χ1) is 11.2. The monoisotopic (exact) mass is 333 g/mol. The molecule has 23 heavy (non-hydrogen) atoms. The summed E-state index contributed by atoms with van der Waals surface area (Å²) in [7, 11) is 0. The molecular formula is C16H23N5OS. The summed E-state index contributed by atoms with van der Waals surface area (Å²) in [6.07, 6.45) is 5.10. The molecule has 7 heteroatoms. The lowest BCUT2D eigenvalue weighted by molar-refractivity contribution is 0.0945. The molecule has 1 saturated heterocycles. The van der Waals surface area contributed by atoms with Crippen molar-refractivity contribution in [2.75, 3.05) is 6.61 Å². The number of hydrogen-bond donors (Lipinski definition) is 1. The number of thioether (sulfide) groups is 1. The molecule has 4 rings (SSSR count). The molecule has 0 bridgehead atoms. The number of aromatic nitrogens is 5. The Morgan fingerprint density at radius 1 is 1.26 bits per heavy atom. The standard InChI is InChI=1S/C16H23N5OS/c1-10-11(2)21(8-13-4-3-7-22-13)16(17-10)23-9-14-18-15(20-19-14)12-5-6-12/h12-13H,3-9H2,1-2H3,(H,18,19,20)/t13-/m1/s1. The van der Waals surface area contributed by atoms with Gasteiger partial charge in [0.05, 0.1) is 24.1 Å². The molecule has 2 fully saturated rings. The molecule has 1 saturated carbocycles. The number of rotatable bonds is 6. The average Bonchev–Trinajstić information content (AvgIpc) is 2.96. The fraction of sp³-hybridized carbons (Fsp3) is 0.688. The zero-order valence-electron chi connectivity index (χ0n) is 13.7. The van der Waals surface area contributed by atoms with Gasteiger partial charge in [0.25, 0.3) is 0 Å². The molecule has 0 spiro atoms. The lowest BCUT2D eigenvalue weighted by Gasteiger charge is -2.14. The Morgan fingerprint density at radius 3 is 2.87 bits per heavy atom. The van der Waals surface area contributed by atoms with Gasteiger partial charge in [-0.25, -0.2) is 9.97 Å². The van der Waals surface area contributed by atoms with Crippen molar-refractivity contribution in [3.8, 4) is 0 Å². The van der Waals surface area contributed by atoms with E-state index in [4.69, 9.17) is 9.72 Å². The molecule has 0 radical (unpaired) electrons. The van der Waals surface area contributed by atoms with Gasteiger partial charge in [0.15, 0.2) is 11.0 Å². The molecule has 1 atom stereocenters. The van der Waals surface area contributed by atoms with Crippen molar-refractivity contribution in [1.29, 1.82) is 0 Å². The lowest BCUT2D eigenvalue weighted by Crippen LogP contribution is -2.16. The van der Waals surface area contributed by atoms with Crippen molar-refractivity contribution < 1.29 is 4.74 Å². The van der Waals surface area contributed by atoms with E-state index < -0.39 is 0 Å². The number of hydrogen-bond acceptors (Lipinski definition) is 5. The molecule has 0 aromatic carbocycles. The van der Waals surface area contributed by atoms with Gasteiger partial charge < -0.3 is 9.30 Å². The highest BCUT2D eigenvalue weighted by Gasteiger charge is 2.27. The smallest absolute Gasteiger partial charge is 0.168 e. The third-order valence-electron chi connectivity index (χ3n) is 4.66. The van der Waals surface area contributed by atoms with Crippen molar-refractivity contribution >= 4 is 11.8 Å². The molecule has 1 aliphatic carbocycles. The van der Waals surface area contributed by atoms with Crippen LogP contribution in [-0.4, -0.2) is 37.4 Å². The Kier molecular flexibility index (Phi) is 4.15. The number of aromatic amines is 1. The van der Waals surface area contributed by atoms with Crippen LogP contribution in [0.2, 0.25) is 0 Å². The maximum atomic E-state index is 5.79. The van der Waals surface area contributed by atoms with Crippen LogP contribution in [0.25, 0.3) is 0 Å². The Balaban J connectivity index is 1.45. The molecule has 0 amide bonds. The summed E-state index contributed by atoms with van der Waals surface area (Å²) in [6, 6.07) is 0. The Hall–Kier alpha value is -1.34. The van der Waals surface area contributed by atoms with Crippen LogP contribution >= 0.6 is 11.8 Å². The molecule has 0 unspecified atom stereocenters. The molecule has 124 valence electrons. The van der Waals surface area contributed by atoms with Crippen molar-refractivity contribution in [1.82, 2.24) is 24.7 Å². The Morgan fingerprint density at radius 2 is 2.13 bits per heavy atom. The van der Waals surface area contributed by atoms with E-state index in [-0.39, 0.29) is 0 Å². The predicted molar refractivity (Wildman–Crippen MR) is 88.6 cm³/mol. The van der Waals surface area contributed by atoms with E-state index in [1.807, 2.05) is 0 Å². The quantitative estimate of drug-likeness (QED) is 0.823. The van der Waals surface area contributed by atoms with Crippen LogP contribution in [0.5, 0.6) is 0 Å². The highest BCUT2D eigenvalue weighted by molar-refractivity contribution is 7.98. The second kappa shape index (κ2) is 6.28. The number of ether oxygens (including phenoxy) is 1. The number of nitrogens with one attached hydrogen (secondary N) is 1. The van der Waals surface area contributed by atoms with Gasteiger partial charge in [0.1, 0.15) is 5.82 Å². The molecule has 1 N–H and O–H groups in total. The maximum Gasteiger partial charge on any atom is 0.168 e. The molecule has 1 aliphatic heterocycles. The highest BCUT2D eigenvalue weighted by Crippen LogP contribution is 2.38. The third-order valence-corrected chi connectivity index (χ3v) is 5.65. The largest absolute Gasteiger partial charge is 0.376 e. The SMILES string of the molecule is Cc1nc(SCc2nc(C3CC3)n[nH]2)n(C[C@H]2CCCO2)c1C. The van der Waals surface area contributed by atoms with Crippen molar-refractivity contribution in [3.05, 3.63) is 23.0 Å². The maximum absolute atomic E-state index is 5.79. The van der Waals surface area contributed by atoms with E-state index >= 15 is 0 Å². The van der Waals surface area contributed by atoms with E-state index in [9.17, 15) is 0 Å². The fourth-order valence-corrected chi connectivity index (χ4v) is 3.94. The summed E-state index contributed by atoms with van der Waals surface area (Å²) in [5.74, 6) is 3.30. The third kappa shape index (κ3) is 3.30. The van der Waals surface area contributed by atoms with Crippen LogP contribution in [-0.2, 0) is 17.0 Å². The first-order valence-electron chi connectivity index (χ1n) is 8.40. The van der Waals surface area contributed by atoms with Crippen LogP contribution in [0.1, 0.15) is 54.6 Å². The molecule has 6 nitrogen and oxygen atoms in total. The molecule has 3 heterocycles. The van der Waals surface area contributed by atoms with E-state index in [0.29, 0.717) is 12.0 Å². The van der Waals surface area contributed by atoms with Crippen LogP contribution in [0.15, 0.2) is 5.16 Å². The molecule has 2 aromatic heterocycles. The second-order valence-electron chi connectivity index (χ2n) is 6.51. The van der Waals surface area contributed by atoms with E-state index in [2.05, 4.69) is 33.6 Å². The first-order valence-corrected chi connectivity index (χ1v) is 9.38. The van der Waals surface area contributed by atoms with Gasteiger partial charge in [-0.1, -0.05) is 11.8 Å². The van der Waals surface area contributed by atoms with Crippen molar-refractivity contribution in [2.45, 2.75) is 69.0 Å². The van der Waals surface area contributed by atoms with Crippen LogP contribution in [0, 0.1) is 13.8 Å². The predicted octanol–water partition coefficient (Wildman–Crippen LogP) is 2.97. The van der Waals surface area contributed by atoms with Gasteiger partial charge in [-0.15, -0.1) is 0 Å². The first kappa shape index (κ1) is 15.2. The minimum atomic E-state index is 0.327. The van der Waals surface area contributed by atoms with Gasteiger partial charge in [-0.2, -0.15) is 5.10 Å². The number of H-pyrrole nitrogens is 1. The molecule has 2 aliphatic rings. The minimum absolute atomic E-state index is 0.327. The van der Waals surface area contributed by atoms with Gasteiger partial charge in [0.2, 0.25) is 0 Å². The van der Waals surface area contributed by atoms with Gasteiger partial charge in [0, 0.05) is 18.2 Å². The Bertz CT molecular complexity index is 685. The summed E-state index contributed by atoms with van der Waals surface area (Å²) in [4.78, 5) is 9.33. The van der Waals surface area contributed by atoms with Crippen molar-refractivity contribution in [2.24, 2.45) is 0 Å². The zero-order valence-corrected chi connectivity index (χ0v) is 14.5. The summed E-state index contributed by atoms with van der Waals surface area (Å²) in [6.45, 7) is 6.01. The normalized spacial score (nSPS) is 21.2. The topological polar surface area (TPSA) is 68.6 Å². The Labute approximate surface area is 140 Å². The lowest BCUT2D eigenvalue weighted by atomic mass is 10.2. The number of nitrogens with zero attached hydrogens (tertiary/aromatic N) is 4. The summed E-state index contributed by atoms with van der Waals surface area (Å²) in [5.41, 5.74) is 2.33. The highest BCUT2D eigenvalue weighted by atomic mass is 32.2. The van der Waals surface area contributed by atoms with Crippen LogP contribution in [0.3, 0.4) is 0 Å². The number of aryl methyl sites for hydroxylation is 1. The fourth-order valence-electron chi connectivity index (χ4n) is 2.97. The van der Waals surface area contributed by atoms with Gasteiger partial charge >= 0.3 is 0 Å². The van der Waals surface area contributed by atoms with E-state index in [0.717, 1.165) is 47.8 Å².